The standard InChI is InChI=1S/C14H21N3/c1-4-6-11(7-5-2)13-16-12-8-10(3)9-15-14(12)17-13/h8-9,11H,4-7H2,1-3H3,(H,15,16,17). The van der Waals surface area contributed by atoms with Gasteiger partial charge in [-0.3, -0.25) is 0 Å². The molecule has 2 rings (SSSR count). The van der Waals surface area contributed by atoms with Crippen molar-refractivity contribution >= 4 is 11.2 Å². The molecule has 0 aliphatic heterocycles. The molecule has 0 atom stereocenters. The Bertz CT molecular complexity index is 481. The van der Waals surface area contributed by atoms with Gasteiger partial charge in [-0.15, -0.1) is 0 Å². The second-order valence-corrected chi connectivity index (χ2v) is 4.78. The zero-order valence-corrected chi connectivity index (χ0v) is 11.0. The van der Waals surface area contributed by atoms with Gasteiger partial charge < -0.3 is 4.98 Å². The van der Waals surface area contributed by atoms with Crippen LogP contribution in [0.5, 0.6) is 0 Å². The van der Waals surface area contributed by atoms with E-state index in [0.29, 0.717) is 5.92 Å². The van der Waals surface area contributed by atoms with Crippen molar-refractivity contribution < 1.29 is 0 Å². The average molecular weight is 231 g/mol. The van der Waals surface area contributed by atoms with E-state index < -0.39 is 0 Å². The van der Waals surface area contributed by atoms with Gasteiger partial charge in [0.2, 0.25) is 0 Å². The van der Waals surface area contributed by atoms with E-state index >= 15 is 0 Å². The number of imidazole rings is 1. The molecule has 0 unspecified atom stereocenters. The van der Waals surface area contributed by atoms with Crippen molar-refractivity contribution in [3.8, 4) is 0 Å². The van der Waals surface area contributed by atoms with Gasteiger partial charge in [0.05, 0.1) is 5.52 Å². The van der Waals surface area contributed by atoms with E-state index in [9.17, 15) is 0 Å². The second-order valence-electron chi connectivity index (χ2n) is 4.78. The fraction of sp³-hybridized carbons (Fsp3) is 0.571. The summed E-state index contributed by atoms with van der Waals surface area (Å²) in [5.41, 5.74) is 3.09. The maximum absolute atomic E-state index is 4.62. The first-order valence-electron chi connectivity index (χ1n) is 6.56. The molecule has 0 aromatic carbocycles. The highest BCUT2D eigenvalue weighted by atomic mass is 15.0. The summed E-state index contributed by atoms with van der Waals surface area (Å²) in [6.45, 7) is 6.52. The van der Waals surface area contributed by atoms with Crippen molar-refractivity contribution in [2.45, 2.75) is 52.4 Å². The predicted octanol–water partition coefficient (Wildman–Crippen LogP) is 3.95. The molecule has 3 nitrogen and oxygen atoms in total. The lowest BCUT2D eigenvalue weighted by atomic mass is 9.98. The van der Waals surface area contributed by atoms with E-state index in [1.165, 1.54) is 31.2 Å². The molecule has 2 aromatic heterocycles. The molecule has 92 valence electrons. The lowest BCUT2D eigenvalue weighted by Gasteiger charge is -2.11. The third kappa shape index (κ3) is 2.65. The van der Waals surface area contributed by atoms with Gasteiger partial charge in [0.15, 0.2) is 5.65 Å². The Kier molecular flexibility index (Phi) is 3.77. The summed E-state index contributed by atoms with van der Waals surface area (Å²) >= 11 is 0. The monoisotopic (exact) mass is 231 g/mol. The first kappa shape index (κ1) is 12.1. The molecular formula is C14H21N3. The summed E-state index contributed by atoms with van der Waals surface area (Å²) in [5.74, 6) is 1.67. The average Bonchev–Trinajstić information content (AvgIpc) is 2.71. The van der Waals surface area contributed by atoms with Gasteiger partial charge in [-0.05, 0) is 31.4 Å². The first-order chi connectivity index (χ1) is 8.24. The largest absolute Gasteiger partial charge is 0.340 e. The topological polar surface area (TPSA) is 41.6 Å². The third-order valence-electron chi connectivity index (χ3n) is 3.15. The number of nitrogens with one attached hydrogen (secondary N) is 1. The van der Waals surface area contributed by atoms with Gasteiger partial charge in [0.1, 0.15) is 5.82 Å². The number of hydrogen-bond acceptors (Lipinski definition) is 2. The van der Waals surface area contributed by atoms with Crippen molar-refractivity contribution in [3.63, 3.8) is 0 Å². The number of aromatic amines is 1. The molecule has 0 aliphatic carbocycles. The van der Waals surface area contributed by atoms with E-state index in [-0.39, 0.29) is 0 Å². The van der Waals surface area contributed by atoms with Crippen LogP contribution in [0.4, 0.5) is 0 Å². The molecule has 0 spiro atoms. The highest BCUT2D eigenvalue weighted by Crippen LogP contribution is 2.25. The van der Waals surface area contributed by atoms with Gasteiger partial charge >= 0.3 is 0 Å². The molecule has 3 heteroatoms. The van der Waals surface area contributed by atoms with Gasteiger partial charge in [0.25, 0.3) is 0 Å². The van der Waals surface area contributed by atoms with E-state index in [0.717, 1.165) is 17.0 Å². The maximum Gasteiger partial charge on any atom is 0.177 e. The SMILES string of the molecule is CCCC(CCC)c1nc2ncc(C)cc2[nH]1. The summed E-state index contributed by atoms with van der Waals surface area (Å²) in [6, 6.07) is 2.12. The van der Waals surface area contributed by atoms with Crippen molar-refractivity contribution in [2.24, 2.45) is 0 Å². The third-order valence-corrected chi connectivity index (χ3v) is 3.15. The molecular weight excluding hydrogens is 210 g/mol. The lowest BCUT2D eigenvalue weighted by molar-refractivity contribution is 0.539. The second kappa shape index (κ2) is 5.30. The van der Waals surface area contributed by atoms with Crippen LogP contribution in [0.15, 0.2) is 12.3 Å². The van der Waals surface area contributed by atoms with Crippen molar-refractivity contribution in [2.75, 3.05) is 0 Å². The fourth-order valence-corrected chi connectivity index (χ4v) is 2.33. The normalized spacial score (nSPS) is 11.5. The van der Waals surface area contributed by atoms with Gasteiger partial charge in [0, 0.05) is 12.1 Å². The van der Waals surface area contributed by atoms with E-state index in [2.05, 4.69) is 41.8 Å². The van der Waals surface area contributed by atoms with Crippen LogP contribution < -0.4 is 0 Å². The van der Waals surface area contributed by atoms with Crippen LogP contribution in [0.3, 0.4) is 0 Å². The Hall–Kier alpha value is -1.38. The number of nitrogens with zero attached hydrogens (tertiary/aromatic N) is 2. The fourth-order valence-electron chi connectivity index (χ4n) is 2.33. The van der Waals surface area contributed by atoms with Gasteiger partial charge in [-0.2, -0.15) is 0 Å². The Morgan fingerprint density at radius 2 is 1.94 bits per heavy atom. The molecule has 17 heavy (non-hydrogen) atoms. The molecule has 1 N–H and O–H groups in total. The van der Waals surface area contributed by atoms with Crippen LogP contribution in [-0.2, 0) is 0 Å². The summed E-state index contributed by atoms with van der Waals surface area (Å²) in [7, 11) is 0. The molecule has 0 amide bonds. The summed E-state index contributed by atoms with van der Waals surface area (Å²) in [4.78, 5) is 12.4. The van der Waals surface area contributed by atoms with Crippen molar-refractivity contribution in [1.29, 1.82) is 0 Å². The molecule has 2 heterocycles. The van der Waals surface area contributed by atoms with Crippen LogP contribution >= 0.6 is 0 Å². The predicted molar refractivity (Wildman–Crippen MR) is 71.2 cm³/mol. The zero-order valence-electron chi connectivity index (χ0n) is 11.0. The van der Waals surface area contributed by atoms with Crippen LogP contribution in [0.25, 0.3) is 11.2 Å². The first-order valence-corrected chi connectivity index (χ1v) is 6.56. The Morgan fingerprint density at radius 1 is 1.24 bits per heavy atom. The summed E-state index contributed by atoms with van der Waals surface area (Å²) in [6.07, 6.45) is 6.68. The van der Waals surface area contributed by atoms with E-state index in [4.69, 9.17) is 0 Å². The van der Waals surface area contributed by atoms with E-state index in [1.807, 2.05) is 6.20 Å². The number of fused-ring (bicyclic) bond motifs is 1. The Morgan fingerprint density at radius 3 is 2.59 bits per heavy atom. The van der Waals surface area contributed by atoms with E-state index in [1.54, 1.807) is 0 Å². The number of aromatic nitrogens is 3. The lowest BCUT2D eigenvalue weighted by Crippen LogP contribution is -2.00. The molecule has 0 aliphatic rings. The van der Waals surface area contributed by atoms with Gasteiger partial charge in [-0.1, -0.05) is 26.7 Å². The minimum absolute atomic E-state index is 0.555. The zero-order chi connectivity index (χ0) is 12.3. The van der Waals surface area contributed by atoms with Crippen LogP contribution in [0.1, 0.15) is 56.8 Å². The molecule has 0 saturated heterocycles. The Labute approximate surface area is 103 Å². The number of pyridine rings is 1. The number of aryl methyl sites for hydroxylation is 1. The van der Waals surface area contributed by atoms with Crippen molar-refractivity contribution in [3.05, 3.63) is 23.7 Å². The highest BCUT2D eigenvalue weighted by Gasteiger charge is 2.14. The minimum Gasteiger partial charge on any atom is -0.340 e. The number of H-pyrrole nitrogens is 1. The maximum atomic E-state index is 4.62. The smallest absolute Gasteiger partial charge is 0.177 e. The molecule has 0 fully saturated rings. The van der Waals surface area contributed by atoms with Crippen LogP contribution in [0.2, 0.25) is 0 Å². The van der Waals surface area contributed by atoms with Crippen molar-refractivity contribution in [1.82, 2.24) is 15.0 Å². The number of rotatable bonds is 5. The van der Waals surface area contributed by atoms with Crippen LogP contribution in [-0.4, -0.2) is 15.0 Å². The highest BCUT2D eigenvalue weighted by molar-refractivity contribution is 5.71. The quantitative estimate of drug-likeness (QED) is 0.846. The Balaban J connectivity index is 2.33. The molecule has 0 saturated carbocycles. The van der Waals surface area contributed by atoms with Gasteiger partial charge in [-0.25, -0.2) is 9.97 Å². The van der Waals surface area contributed by atoms with Crippen LogP contribution in [0, 0.1) is 6.92 Å². The number of hydrogen-bond donors (Lipinski definition) is 1. The molecule has 0 bridgehead atoms. The summed E-state index contributed by atoms with van der Waals surface area (Å²) in [5, 5.41) is 0. The molecule has 2 aromatic rings. The summed E-state index contributed by atoms with van der Waals surface area (Å²) < 4.78 is 0. The minimum atomic E-state index is 0.555. The molecule has 0 radical (unpaired) electrons.